The van der Waals surface area contributed by atoms with E-state index in [4.69, 9.17) is 0 Å². The smallest absolute Gasteiger partial charge is 0.0138 e. The van der Waals surface area contributed by atoms with Crippen LogP contribution in [0.5, 0.6) is 0 Å². The summed E-state index contributed by atoms with van der Waals surface area (Å²) in [5.74, 6) is 0. The molecule has 0 radical (unpaired) electrons. The highest BCUT2D eigenvalue weighted by Crippen LogP contribution is 1.84. The highest BCUT2D eigenvalue weighted by molar-refractivity contribution is 4.88. The van der Waals surface area contributed by atoms with E-state index in [2.05, 4.69) is 54.1 Å². The minimum Gasteiger partial charge on any atom is -0.317 e. The molecule has 0 aromatic carbocycles. The van der Waals surface area contributed by atoms with Crippen molar-refractivity contribution in [2.75, 3.05) is 39.3 Å². The van der Waals surface area contributed by atoms with Gasteiger partial charge in [-0.1, -0.05) is 38.2 Å². The Hall–Kier alpha value is -0.640. The van der Waals surface area contributed by atoms with E-state index in [1.165, 1.54) is 12.8 Å². The molecule has 0 amide bonds. The summed E-state index contributed by atoms with van der Waals surface area (Å²) < 4.78 is 0. The van der Waals surface area contributed by atoms with Crippen molar-refractivity contribution >= 4 is 0 Å². The zero-order valence-corrected chi connectivity index (χ0v) is 12.2. The lowest BCUT2D eigenvalue weighted by atomic mass is 10.3. The van der Waals surface area contributed by atoms with E-state index in [0.717, 1.165) is 45.7 Å². The predicted molar refractivity (Wildman–Crippen MR) is 82.1 cm³/mol. The summed E-state index contributed by atoms with van der Waals surface area (Å²) in [6.07, 6.45) is 12.4. The van der Waals surface area contributed by atoms with Gasteiger partial charge in [0.25, 0.3) is 0 Å². The molecule has 0 spiro atoms. The minimum atomic E-state index is 0.955. The van der Waals surface area contributed by atoms with Gasteiger partial charge in [-0.15, -0.1) is 0 Å². The van der Waals surface area contributed by atoms with Gasteiger partial charge < -0.3 is 16.0 Å². The van der Waals surface area contributed by atoms with Crippen LogP contribution < -0.4 is 16.0 Å². The maximum Gasteiger partial charge on any atom is 0.0138 e. The van der Waals surface area contributed by atoms with Gasteiger partial charge in [0.1, 0.15) is 0 Å². The van der Waals surface area contributed by atoms with Crippen molar-refractivity contribution in [3.8, 4) is 0 Å². The van der Waals surface area contributed by atoms with E-state index in [1.54, 1.807) is 0 Å². The molecule has 0 aromatic rings. The Morgan fingerprint density at radius 1 is 0.667 bits per heavy atom. The van der Waals surface area contributed by atoms with Gasteiger partial charge in [0.05, 0.1) is 0 Å². The molecule has 3 N–H and O–H groups in total. The molecular formula is C15H31N3. The van der Waals surface area contributed by atoms with Gasteiger partial charge in [-0.3, -0.25) is 0 Å². The first-order chi connectivity index (χ1) is 8.91. The van der Waals surface area contributed by atoms with Crippen molar-refractivity contribution in [3.05, 3.63) is 24.3 Å². The number of hydrogen-bond acceptors (Lipinski definition) is 3. The first-order valence-electron chi connectivity index (χ1n) is 7.34. The normalized spacial score (nSPS) is 11.9. The van der Waals surface area contributed by atoms with Crippen molar-refractivity contribution in [2.24, 2.45) is 0 Å². The molecule has 0 aromatic heterocycles. The molecule has 0 aliphatic carbocycles. The van der Waals surface area contributed by atoms with E-state index in [-0.39, 0.29) is 0 Å². The van der Waals surface area contributed by atoms with Crippen molar-refractivity contribution in [1.82, 2.24) is 16.0 Å². The van der Waals surface area contributed by atoms with Crippen LogP contribution in [-0.4, -0.2) is 39.3 Å². The van der Waals surface area contributed by atoms with Gasteiger partial charge >= 0.3 is 0 Å². The number of hydrogen-bond donors (Lipinski definition) is 3. The molecule has 0 atom stereocenters. The standard InChI is InChI=1S/C15H31N3/c1-3-5-6-12-17-14-9-10-15-18-13-8-7-11-16-4-2/h5-6,9-10,16-18H,3-4,7-8,11-15H2,1-2H3/b6-5-,10-9-. The number of rotatable bonds is 13. The third-order valence-corrected chi connectivity index (χ3v) is 2.56. The van der Waals surface area contributed by atoms with E-state index in [9.17, 15) is 0 Å². The number of allylic oxidation sites excluding steroid dienone is 1. The first-order valence-corrected chi connectivity index (χ1v) is 7.34. The van der Waals surface area contributed by atoms with Crippen LogP contribution in [0.2, 0.25) is 0 Å². The van der Waals surface area contributed by atoms with E-state index < -0.39 is 0 Å². The predicted octanol–water partition coefficient (Wildman–Crippen LogP) is 2.08. The van der Waals surface area contributed by atoms with Crippen LogP contribution in [0, 0.1) is 0 Å². The van der Waals surface area contributed by atoms with Gasteiger partial charge in [0.2, 0.25) is 0 Å². The van der Waals surface area contributed by atoms with Crippen molar-refractivity contribution in [1.29, 1.82) is 0 Å². The molecule has 0 bridgehead atoms. The SMILES string of the molecule is CC/C=C\CNC/C=C\CNCCCCNCC. The van der Waals surface area contributed by atoms with Crippen molar-refractivity contribution < 1.29 is 0 Å². The summed E-state index contributed by atoms with van der Waals surface area (Å²) in [6, 6.07) is 0. The Bertz CT molecular complexity index is 200. The van der Waals surface area contributed by atoms with Gasteiger partial charge in [-0.25, -0.2) is 0 Å². The average Bonchev–Trinajstić information content (AvgIpc) is 2.39. The van der Waals surface area contributed by atoms with Crippen LogP contribution in [-0.2, 0) is 0 Å². The second-order valence-corrected chi connectivity index (χ2v) is 4.27. The summed E-state index contributed by atoms with van der Waals surface area (Å²) in [5, 5.41) is 10.1. The summed E-state index contributed by atoms with van der Waals surface area (Å²) in [4.78, 5) is 0. The third-order valence-electron chi connectivity index (χ3n) is 2.56. The van der Waals surface area contributed by atoms with E-state index in [0.29, 0.717) is 0 Å². The Morgan fingerprint density at radius 3 is 1.83 bits per heavy atom. The third kappa shape index (κ3) is 15.4. The Kier molecular flexibility index (Phi) is 15.8. The fourth-order valence-corrected chi connectivity index (χ4v) is 1.53. The van der Waals surface area contributed by atoms with Crippen LogP contribution in [0.15, 0.2) is 24.3 Å². The topological polar surface area (TPSA) is 36.1 Å². The molecule has 0 unspecified atom stereocenters. The van der Waals surface area contributed by atoms with Gasteiger partial charge in [-0.2, -0.15) is 0 Å². The second-order valence-electron chi connectivity index (χ2n) is 4.27. The van der Waals surface area contributed by atoms with Crippen molar-refractivity contribution in [2.45, 2.75) is 33.1 Å². The lowest BCUT2D eigenvalue weighted by Gasteiger charge is -2.02. The fourth-order valence-electron chi connectivity index (χ4n) is 1.53. The maximum atomic E-state index is 3.42. The van der Waals surface area contributed by atoms with Gasteiger partial charge in [0.15, 0.2) is 0 Å². The fraction of sp³-hybridized carbons (Fsp3) is 0.733. The molecule has 0 saturated carbocycles. The monoisotopic (exact) mass is 253 g/mol. The summed E-state index contributed by atoms with van der Waals surface area (Å²) in [6.45, 7) is 10.5. The zero-order valence-electron chi connectivity index (χ0n) is 12.2. The highest BCUT2D eigenvalue weighted by atomic mass is 14.9. The van der Waals surface area contributed by atoms with E-state index >= 15 is 0 Å². The minimum absolute atomic E-state index is 0.955. The van der Waals surface area contributed by atoms with Crippen LogP contribution in [0.1, 0.15) is 33.1 Å². The largest absolute Gasteiger partial charge is 0.317 e. The quantitative estimate of drug-likeness (QED) is 0.347. The van der Waals surface area contributed by atoms with Gasteiger partial charge in [0, 0.05) is 19.6 Å². The molecule has 18 heavy (non-hydrogen) atoms. The Balaban J connectivity index is 3.06. The lowest BCUT2D eigenvalue weighted by Crippen LogP contribution is -2.19. The average molecular weight is 253 g/mol. The van der Waals surface area contributed by atoms with Crippen LogP contribution in [0.3, 0.4) is 0 Å². The Morgan fingerprint density at radius 2 is 1.22 bits per heavy atom. The number of unbranched alkanes of at least 4 members (excludes halogenated alkanes) is 1. The molecule has 0 aliphatic rings. The van der Waals surface area contributed by atoms with Crippen molar-refractivity contribution in [3.63, 3.8) is 0 Å². The van der Waals surface area contributed by atoms with Crippen LogP contribution in [0.25, 0.3) is 0 Å². The molecule has 0 aliphatic heterocycles. The second kappa shape index (κ2) is 16.4. The highest BCUT2D eigenvalue weighted by Gasteiger charge is 1.86. The summed E-state index contributed by atoms with van der Waals surface area (Å²) in [7, 11) is 0. The molecule has 0 heterocycles. The molecule has 3 heteroatoms. The summed E-state index contributed by atoms with van der Waals surface area (Å²) >= 11 is 0. The molecule has 3 nitrogen and oxygen atoms in total. The lowest BCUT2D eigenvalue weighted by molar-refractivity contribution is 0.608. The summed E-state index contributed by atoms with van der Waals surface area (Å²) in [5.41, 5.74) is 0. The molecule has 106 valence electrons. The van der Waals surface area contributed by atoms with E-state index in [1.807, 2.05) is 0 Å². The molecule has 0 rings (SSSR count). The molecular weight excluding hydrogens is 222 g/mol. The molecule has 0 fully saturated rings. The number of nitrogens with one attached hydrogen (secondary N) is 3. The first kappa shape index (κ1) is 17.4. The Labute approximate surface area is 113 Å². The zero-order chi connectivity index (χ0) is 13.3. The van der Waals surface area contributed by atoms with Crippen LogP contribution in [0.4, 0.5) is 0 Å². The molecule has 0 saturated heterocycles. The van der Waals surface area contributed by atoms with Crippen LogP contribution >= 0.6 is 0 Å². The maximum absolute atomic E-state index is 3.42. The van der Waals surface area contributed by atoms with Gasteiger partial charge in [-0.05, 0) is 38.9 Å².